The monoisotopic (exact) mass is 490 g/mol. The number of nitrogens with zero attached hydrogens (tertiary/aromatic N) is 3. The average molecular weight is 491 g/mol. The number of hydrogen-bond acceptors (Lipinski definition) is 7. The molecular weight excluding hydrogens is 460 g/mol. The fraction of sp³-hybridized carbons (Fsp3) is 0.435. The molecule has 11 heteroatoms. The van der Waals surface area contributed by atoms with Gasteiger partial charge in [0, 0.05) is 38.3 Å². The minimum Gasteiger partial charge on any atom is -0.492 e. The number of carbonyl (C=O) groups is 1. The third kappa shape index (κ3) is 5.84. The molecule has 184 valence electrons. The number of piperazine rings is 1. The van der Waals surface area contributed by atoms with Crippen molar-refractivity contribution < 1.29 is 22.9 Å². The van der Waals surface area contributed by atoms with Gasteiger partial charge in [-0.15, -0.1) is 0 Å². The first kappa shape index (κ1) is 25.4. The van der Waals surface area contributed by atoms with Crippen LogP contribution in [0.4, 0.5) is 11.4 Å². The number of nitro groups is 1. The molecule has 1 atom stereocenters. The minimum atomic E-state index is -4.04. The summed E-state index contributed by atoms with van der Waals surface area (Å²) < 4.78 is 34.0. The van der Waals surface area contributed by atoms with Crippen LogP contribution >= 0.6 is 0 Å². The van der Waals surface area contributed by atoms with Crippen molar-refractivity contribution in [2.45, 2.75) is 31.7 Å². The van der Waals surface area contributed by atoms with E-state index in [0.29, 0.717) is 32.8 Å². The fourth-order valence-electron chi connectivity index (χ4n) is 3.81. The largest absolute Gasteiger partial charge is 0.492 e. The van der Waals surface area contributed by atoms with Crippen LogP contribution in [0.15, 0.2) is 53.4 Å². The molecule has 1 N–H and O–H groups in total. The molecule has 0 saturated carbocycles. The van der Waals surface area contributed by atoms with E-state index >= 15 is 0 Å². The van der Waals surface area contributed by atoms with Crippen molar-refractivity contribution in [2.24, 2.45) is 5.92 Å². The van der Waals surface area contributed by atoms with Gasteiger partial charge in [0.15, 0.2) is 0 Å². The van der Waals surface area contributed by atoms with E-state index in [0.717, 1.165) is 35.7 Å². The molecule has 0 bridgehead atoms. The molecule has 2 aromatic carbocycles. The maximum Gasteiger partial charge on any atom is 0.269 e. The van der Waals surface area contributed by atoms with Gasteiger partial charge in [-0.25, -0.2) is 8.42 Å². The van der Waals surface area contributed by atoms with E-state index in [1.807, 2.05) is 31.2 Å². The van der Waals surface area contributed by atoms with Crippen molar-refractivity contribution in [1.82, 2.24) is 9.62 Å². The number of amides is 1. The molecule has 0 aliphatic carbocycles. The van der Waals surface area contributed by atoms with Gasteiger partial charge >= 0.3 is 0 Å². The lowest BCUT2D eigenvalue weighted by atomic mass is 10.0. The molecule has 0 spiro atoms. The standard InChI is InChI=1S/C23H30N4O6S/c1-4-33-21-8-6-5-7-20(21)25-13-15-26(16-14-25)23(28)22(17(2)3)24-34(31,32)19-11-9-18(10-12-19)27(29)30/h5-12,17,22,24H,4,13-16H2,1-3H3. The number of ether oxygens (including phenoxy) is 1. The summed E-state index contributed by atoms with van der Waals surface area (Å²) in [6.45, 7) is 8.11. The van der Waals surface area contributed by atoms with Gasteiger partial charge in [-0.3, -0.25) is 14.9 Å². The number of nitro benzene ring substituents is 1. The second-order valence-electron chi connectivity index (χ2n) is 8.31. The van der Waals surface area contributed by atoms with Crippen LogP contribution in [-0.2, 0) is 14.8 Å². The smallest absolute Gasteiger partial charge is 0.269 e. The molecule has 10 nitrogen and oxygen atoms in total. The molecule has 34 heavy (non-hydrogen) atoms. The van der Waals surface area contributed by atoms with Crippen LogP contribution in [-0.4, -0.2) is 63.0 Å². The van der Waals surface area contributed by atoms with Gasteiger partial charge in [-0.05, 0) is 37.1 Å². The van der Waals surface area contributed by atoms with Crippen LogP contribution in [0.3, 0.4) is 0 Å². The molecule has 1 amide bonds. The number of rotatable bonds is 9. The topological polar surface area (TPSA) is 122 Å². The maximum absolute atomic E-state index is 13.3. The molecule has 0 radical (unpaired) electrons. The first-order valence-corrected chi connectivity index (χ1v) is 12.6. The number of hydrogen-bond donors (Lipinski definition) is 1. The summed E-state index contributed by atoms with van der Waals surface area (Å²) in [5.41, 5.74) is 0.759. The number of anilines is 1. The summed E-state index contributed by atoms with van der Waals surface area (Å²) in [5, 5.41) is 10.8. The Hall–Kier alpha value is -3.18. The second kappa shape index (κ2) is 10.8. The summed E-state index contributed by atoms with van der Waals surface area (Å²) in [6.07, 6.45) is 0. The number of non-ortho nitro benzene ring substituents is 1. The van der Waals surface area contributed by atoms with Crippen molar-refractivity contribution in [3.63, 3.8) is 0 Å². The van der Waals surface area contributed by atoms with Crippen LogP contribution < -0.4 is 14.4 Å². The first-order chi connectivity index (χ1) is 16.1. The zero-order valence-corrected chi connectivity index (χ0v) is 20.3. The molecule has 1 saturated heterocycles. The number of para-hydroxylation sites is 2. The van der Waals surface area contributed by atoms with E-state index in [4.69, 9.17) is 4.74 Å². The minimum absolute atomic E-state index is 0.131. The van der Waals surface area contributed by atoms with Gasteiger partial charge in [0.05, 0.1) is 22.1 Å². The van der Waals surface area contributed by atoms with E-state index in [1.54, 1.807) is 18.7 Å². The fourth-order valence-corrected chi connectivity index (χ4v) is 5.15. The van der Waals surface area contributed by atoms with E-state index in [9.17, 15) is 23.3 Å². The highest BCUT2D eigenvalue weighted by atomic mass is 32.2. The Morgan fingerprint density at radius 1 is 1.09 bits per heavy atom. The van der Waals surface area contributed by atoms with Crippen LogP contribution in [0.25, 0.3) is 0 Å². The summed E-state index contributed by atoms with van der Waals surface area (Å²) in [7, 11) is -4.04. The molecule has 0 aromatic heterocycles. The number of nitrogens with one attached hydrogen (secondary N) is 1. The Morgan fingerprint density at radius 2 is 1.71 bits per heavy atom. The maximum atomic E-state index is 13.3. The predicted octanol–water partition coefficient (Wildman–Crippen LogP) is 2.65. The van der Waals surface area contributed by atoms with Gasteiger partial charge in [0.1, 0.15) is 11.8 Å². The summed E-state index contributed by atoms with van der Waals surface area (Å²) in [4.78, 5) is 27.2. The summed E-state index contributed by atoms with van der Waals surface area (Å²) in [5.74, 6) is 0.205. The Kier molecular flexibility index (Phi) is 8.11. The Labute approximate surface area is 199 Å². The summed E-state index contributed by atoms with van der Waals surface area (Å²) in [6, 6.07) is 11.4. The number of benzene rings is 2. The lowest BCUT2D eigenvalue weighted by Gasteiger charge is -2.38. The van der Waals surface area contributed by atoms with E-state index in [1.165, 1.54) is 0 Å². The highest BCUT2D eigenvalue weighted by Crippen LogP contribution is 2.29. The Bertz CT molecular complexity index is 1110. The second-order valence-corrected chi connectivity index (χ2v) is 10.0. The van der Waals surface area contributed by atoms with Crippen molar-refractivity contribution in [2.75, 3.05) is 37.7 Å². The normalized spacial score (nSPS) is 15.3. The molecule has 1 fully saturated rings. The average Bonchev–Trinajstić information content (AvgIpc) is 2.83. The summed E-state index contributed by atoms with van der Waals surface area (Å²) >= 11 is 0. The quantitative estimate of drug-likeness (QED) is 0.423. The van der Waals surface area contributed by atoms with Crippen molar-refractivity contribution in [3.05, 3.63) is 58.6 Å². The van der Waals surface area contributed by atoms with E-state index < -0.39 is 21.0 Å². The van der Waals surface area contributed by atoms with Gasteiger partial charge in [0.25, 0.3) is 5.69 Å². The van der Waals surface area contributed by atoms with E-state index in [2.05, 4.69) is 9.62 Å². The number of sulfonamides is 1. The molecule has 2 aromatic rings. The SMILES string of the molecule is CCOc1ccccc1N1CCN(C(=O)C(NS(=O)(=O)c2ccc([N+](=O)[O-])cc2)C(C)C)CC1. The Balaban J connectivity index is 1.69. The first-order valence-electron chi connectivity index (χ1n) is 11.2. The number of carbonyl (C=O) groups excluding carboxylic acids is 1. The van der Waals surface area contributed by atoms with Crippen molar-refractivity contribution in [3.8, 4) is 5.75 Å². The van der Waals surface area contributed by atoms with Crippen LogP contribution in [0.2, 0.25) is 0 Å². The van der Waals surface area contributed by atoms with Crippen LogP contribution in [0.1, 0.15) is 20.8 Å². The molecule has 3 rings (SSSR count). The predicted molar refractivity (Wildman–Crippen MR) is 128 cm³/mol. The zero-order valence-electron chi connectivity index (χ0n) is 19.5. The molecule has 1 heterocycles. The lowest BCUT2D eigenvalue weighted by Crippen LogP contribution is -2.56. The highest BCUT2D eigenvalue weighted by Gasteiger charge is 2.33. The van der Waals surface area contributed by atoms with Crippen molar-refractivity contribution >= 4 is 27.3 Å². The zero-order chi connectivity index (χ0) is 24.9. The van der Waals surface area contributed by atoms with Gasteiger partial charge in [0.2, 0.25) is 15.9 Å². The highest BCUT2D eigenvalue weighted by molar-refractivity contribution is 7.89. The van der Waals surface area contributed by atoms with Gasteiger partial charge in [-0.2, -0.15) is 4.72 Å². The molecule has 1 aliphatic heterocycles. The molecule has 1 aliphatic rings. The van der Waals surface area contributed by atoms with Crippen LogP contribution in [0.5, 0.6) is 5.75 Å². The Morgan fingerprint density at radius 3 is 2.26 bits per heavy atom. The van der Waals surface area contributed by atoms with Crippen molar-refractivity contribution in [1.29, 1.82) is 0 Å². The van der Waals surface area contributed by atoms with Gasteiger partial charge < -0.3 is 14.5 Å². The molecular formula is C23H30N4O6S. The van der Waals surface area contributed by atoms with Gasteiger partial charge in [-0.1, -0.05) is 26.0 Å². The third-order valence-corrected chi connectivity index (χ3v) is 7.13. The van der Waals surface area contributed by atoms with E-state index in [-0.39, 0.29) is 22.4 Å². The van der Waals surface area contributed by atoms with Crippen LogP contribution in [0, 0.1) is 16.0 Å². The third-order valence-electron chi connectivity index (χ3n) is 5.67. The lowest BCUT2D eigenvalue weighted by molar-refractivity contribution is -0.384. The molecule has 1 unspecified atom stereocenters.